The molecule has 0 amide bonds. The van der Waals surface area contributed by atoms with Gasteiger partial charge in [-0.1, -0.05) is 48.0 Å². The van der Waals surface area contributed by atoms with Crippen molar-refractivity contribution in [2.24, 2.45) is 0 Å². The highest BCUT2D eigenvalue weighted by atomic mass is 16.3. The maximum Gasteiger partial charge on any atom is 0.134 e. The third kappa shape index (κ3) is 2.47. The lowest BCUT2D eigenvalue weighted by atomic mass is 9.98. The molecule has 0 aliphatic carbocycles. The summed E-state index contributed by atoms with van der Waals surface area (Å²) in [7, 11) is 2.00. The first-order valence-electron chi connectivity index (χ1n) is 6.97. The number of rotatable bonds is 4. The summed E-state index contributed by atoms with van der Waals surface area (Å²) in [5.74, 6) is 0. The van der Waals surface area contributed by atoms with Crippen LogP contribution >= 0.6 is 0 Å². The van der Waals surface area contributed by atoms with Crippen molar-refractivity contribution in [1.82, 2.24) is 5.32 Å². The molecule has 0 spiro atoms. The van der Waals surface area contributed by atoms with Gasteiger partial charge in [0, 0.05) is 17.0 Å². The molecule has 20 heavy (non-hydrogen) atoms. The van der Waals surface area contributed by atoms with Crippen LogP contribution in [0, 0.1) is 6.92 Å². The molecule has 102 valence electrons. The van der Waals surface area contributed by atoms with Crippen molar-refractivity contribution < 1.29 is 4.42 Å². The van der Waals surface area contributed by atoms with E-state index in [1.807, 2.05) is 25.4 Å². The summed E-state index contributed by atoms with van der Waals surface area (Å²) in [6.45, 7) is 2.11. The van der Waals surface area contributed by atoms with Gasteiger partial charge in [-0.25, -0.2) is 0 Å². The summed E-state index contributed by atoms with van der Waals surface area (Å²) >= 11 is 0. The third-order valence-corrected chi connectivity index (χ3v) is 3.80. The van der Waals surface area contributed by atoms with Gasteiger partial charge in [0.1, 0.15) is 5.58 Å². The molecule has 0 saturated heterocycles. The summed E-state index contributed by atoms with van der Waals surface area (Å²) < 4.78 is 5.65. The van der Waals surface area contributed by atoms with E-state index < -0.39 is 0 Å². The van der Waals surface area contributed by atoms with Gasteiger partial charge < -0.3 is 9.73 Å². The number of fused-ring (bicyclic) bond motifs is 1. The number of hydrogen-bond donors (Lipinski definition) is 1. The first-order valence-corrected chi connectivity index (χ1v) is 6.97. The van der Waals surface area contributed by atoms with Crippen molar-refractivity contribution in [3.8, 4) is 0 Å². The summed E-state index contributed by atoms with van der Waals surface area (Å²) in [6, 6.07) is 17.2. The molecule has 1 aromatic heterocycles. The van der Waals surface area contributed by atoms with Crippen molar-refractivity contribution in [2.75, 3.05) is 7.05 Å². The Labute approximate surface area is 119 Å². The zero-order chi connectivity index (χ0) is 13.9. The van der Waals surface area contributed by atoms with E-state index in [0.29, 0.717) is 0 Å². The normalized spacial score (nSPS) is 12.7. The quantitative estimate of drug-likeness (QED) is 0.763. The second kappa shape index (κ2) is 5.51. The van der Waals surface area contributed by atoms with E-state index in [1.165, 1.54) is 22.1 Å². The van der Waals surface area contributed by atoms with E-state index in [-0.39, 0.29) is 6.04 Å². The second-order valence-electron chi connectivity index (χ2n) is 5.22. The number of nitrogens with one attached hydrogen (secondary N) is 1. The highest BCUT2D eigenvalue weighted by molar-refractivity contribution is 5.81. The zero-order valence-electron chi connectivity index (χ0n) is 11.9. The van der Waals surface area contributed by atoms with E-state index in [1.54, 1.807) is 0 Å². The molecule has 0 aliphatic heterocycles. The van der Waals surface area contributed by atoms with Gasteiger partial charge >= 0.3 is 0 Å². The summed E-state index contributed by atoms with van der Waals surface area (Å²) in [4.78, 5) is 0. The molecule has 0 radical (unpaired) electrons. The van der Waals surface area contributed by atoms with Crippen molar-refractivity contribution >= 4 is 11.0 Å². The van der Waals surface area contributed by atoms with Crippen LogP contribution in [0.3, 0.4) is 0 Å². The highest BCUT2D eigenvalue weighted by Gasteiger charge is 2.15. The van der Waals surface area contributed by atoms with Crippen LogP contribution in [-0.4, -0.2) is 7.05 Å². The molecule has 2 nitrogen and oxygen atoms in total. The second-order valence-corrected chi connectivity index (χ2v) is 5.22. The van der Waals surface area contributed by atoms with Gasteiger partial charge in [-0.15, -0.1) is 0 Å². The first kappa shape index (κ1) is 12.9. The lowest BCUT2D eigenvalue weighted by Crippen LogP contribution is -2.18. The smallest absolute Gasteiger partial charge is 0.134 e. The molecule has 2 heteroatoms. The van der Waals surface area contributed by atoms with E-state index in [9.17, 15) is 0 Å². The maximum absolute atomic E-state index is 5.65. The minimum atomic E-state index is 0.265. The molecule has 1 unspecified atom stereocenters. The van der Waals surface area contributed by atoms with Crippen LogP contribution in [0.2, 0.25) is 0 Å². The van der Waals surface area contributed by atoms with E-state index in [0.717, 1.165) is 12.0 Å². The van der Waals surface area contributed by atoms with Gasteiger partial charge in [0.25, 0.3) is 0 Å². The monoisotopic (exact) mass is 265 g/mol. The average molecular weight is 265 g/mol. The van der Waals surface area contributed by atoms with Crippen LogP contribution in [0.5, 0.6) is 0 Å². The molecule has 0 bridgehead atoms. The molecular weight excluding hydrogens is 246 g/mol. The Morgan fingerprint density at radius 2 is 1.80 bits per heavy atom. The van der Waals surface area contributed by atoms with Crippen LogP contribution in [0.15, 0.2) is 59.2 Å². The van der Waals surface area contributed by atoms with Crippen LogP contribution < -0.4 is 5.32 Å². The number of para-hydroxylation sites is 1. The number of furan rings is 1. The summed E-state index contributed by atoms with van der Waals surface area (Å²) in [5, 5.41) is 4.59. The highest BCUT2D eigenvalue weighted by Crippen LogP contribution is 2.28. The van der Waals surface area contributed by atoms with Gasteiger partial charge in [0.05, 0.1) is 6.26 Å². The van der Waals surface area contributed by atoms with Crippen molar-refractivity contribution in [3.05, 3.63) is 71.5 Å². The Hall–Kier alpha value is -2.06. The fourth-order valence-electron chi connectivity index (χ4n) is 2.60. The Morgan fingerprint density at radius 1 is 1.05 bits per heavy atom. The summed E-state index contributed by atoms with van der Waals surface area (Å²) in [6.07, 6.45) is 2.83. The molecule has 0 aliphatic rings. The zero-order valence-corrected chi connectivity index (χ0v) is 11.9. The molecular formula is C18H19NO. The Balaban J connectivity index is 1.91. The molecule has 0 saturated carbocycles. The standard InChI is InChI=1S/C18H19NO/c1-13-7-9-14(10-8-13)11-17(19-2)16-12-20-18-6-4-3-5-15(16)18/h3-10,12,17,19H,11H2,1-2H3. The Morgan fingerprint density at radius 3 is 2.55 bits per heavy atom. The lowest BCUT2D eigenvalue weighted by Gasteiger charge is -2.15. The summed E-state index contributed by atoms with van der Waals surface area (Å²) in [5.41, 5.74) is 4.80. The van der Waals surface area contributed by atoms with Crippen LogP contribution in [0.25, 0.3) is 11.0 Å². The SMILES string of the molecule is CNC(Cc1ccc(C)cc1)c1coc2ccccc12. The molecule has 1 N–H and O–H groups in total. The molecule has 1 atom stereocenters. The van der Waals surface area contributed by atoms with Gasteiger partial charge in [0.2, 0.25) is 0 Å². The average Bonchev–Trinajstić information content (AvgIpc) is 2.91. The van der Waals surface area contributed by atoms with E-state index >= 15 is 0 Å². The molecule has 3 rings (SSSR count). The van der Waals surface area contributed by atoms with E-state index in [2.05, 4.69) is 48.6 Å². The van der Waals surface area contributed by atoms with Crippen LogP contribution in [0.4, 0.5) is 0 Å². The number of aryl methyl sites for hydroxylation is 1. The van der Waals surface area contributed by atoms with Crippen molar-refractivity contribution in [3.63, 3.8) is 0 Å². The predicted molar refractivity (Wildman–Crippen MR) is 82.9 cm³/mol. The fraction of sp³-hybridized carbons (Fsp3) is 0.222. The number of benzene rings is 2. The van der Waals surface area contributed by atoms with Crippen LogP contribution in [-0.2, 0) is 6.42 Å². The van der Waals surface area contributed by atoms with Crippen molar-refractivity contribution in [2.45, 2.75) is 19.4 Å². The maximum atomic E-state index is 5.65. The van der Waals surface area contributed by atoms with Gasteiger partial charge in [-0.05, 0) is 32.0 Å². The molecule has 2 aromatic carbocycles. The topological polar surface area (TPSA) is 25.2 Å². The fourth-order valence-corrected chi connectivity index (χ4v) is 2.60. The van der Waals surface area contributed by atoms with Gasteiger partial charge in [-0.2, -0.15) is 0 Å². The molecule has 0 fully saturated rings. The van der Waals surface area contributed by atoms with Crippen molar-refractivity contribution in [1.29, 1.82) is 0 Å². The minimum Gasteiger partial charge on any atom is -0.464 e. The largest absolute Gasteiger partial charge is 0.464 e. The Kier molecular flexibility index (Phi) is 3.57. The number of hydrogen-bond acceptors (Lipinski definition) is 2. The van der Waals surface area contributed by atoms with Gasteiger partial charge in [0.15, 0.2) is 0 Å². The lowest BCUT2D eigenvalue weighted by molar-refractivity contribution is 0.563. The van der Waals surface area contributed by atoms with Crippen LogP contribution in [0.1, 0.15) is 22.7 Å². The predicted octanol–water partition coefficient (Wildman–Crippen LogP) is 4.24. The molecule has 3 aromatic rings. The molecule has 1 heterocycles. The third-order valence-electron chi connectivity index (χ3n) is 3.80. The minimum absolute atomic E-state index is 0.265. The Bertz CT molecular complexity index is 697. The van der Waals surface area contributed by atoms with Gasteiger partial charge in [-0.3, -0.25) is 0 Å². The first-order chi connectivity index (χ1) is 9.78. The van der Waals surface area contributed by atoms with E-state index in [4.69, 9.17) is 4.42 Å². The number of likely N-dealkylation sites (N-methyl/N-ethyl adjacent to an activating group) is 1.